The van der Waals surface area contributed by atoms with Gasteiger partial charge in [0.1, 0.15) is 5.92 Å². The largest absolute Gasteiger partial charge is 0.355 e. The van der Waals surface area contributed by atoms with Crippen LogP contribution in [0.1, 0.15) is 29.9 Å². The Kier molecular flexibility index (Phi) is 5.43. The third-order valence-electron chi connectivity index (χ3n) is 4.52. The highest BCUT2D eigenvalue weighted by Crippen LogP contribution is 2.34. The molecule has 2 atom stereocenters. The van der Waals surface area contributed by atoms with Gasteiger partial charge in [-0.25, -0.2) is 17.6 Å². The smallest absolute Gasteiger partial charge is 0.263 e. The molecule has 2 aromatic rings. The number of amides is 2. The molecule has 2 unspecified atom stereocenters. The van der Waals surface area contributed by atoms with Crippen molar-refractivity contribution in [1.29, 1.82) is 0 Å². The number of anilines is 1. The average Bonchev–Trinajstić information content (AvgIpc) is 2.65. The Morgan fingerprint density at radius 2 is 1.89 bits per heavy atom. The van der Waals surface area contributed by atoms with Crippen LogP contribution in [-0.2, 0) is 9.59 Å². The van der Waals surface area contributed by atoms with Gasteiger partial charge in [-0.3, -0.25) is 9.59 Å². The van der Waals surface area contributed by atoms with Crippen molar-refractivity contribution in [2.45, 2.75) is 18.8 Å². The highest BCUT2D eigenvalue weighted by Gasteiger charge is 2.39. The molecule has 0 radical (unpaired) electrons. The molecule has 3 rings (SSSR count). The number of rotatable bonds is 4. The van der Waals surface area contributed by atoms with Gasteiger partial charge in [-0.05, 0) is 30.2 Å². The highest BCUT2D eigenvalue weighted by atomic mass is 19.3. The second-order valence-electron chi connectivity index (χ2n) is 6.23. The first-order valence-corrected chi connectivity index (χ1v) is 8.29. The van der Waals surface area contributed by atoms with Gasteiger partial charge in [0.2, 0.25) is 11.8 Å². The van der Waals surface area contributed by atoms with E-state index in [0.717, 1.165) is 6.07 Å². The van der Waals surface area contributed by atoms with E-state index >= 15 is 0 Å². The topological polar surface area (TPSA) is 58.2 Å². The first-order valence-electron chi connectivity index (χ1n) is 8.29. The van der Waals surface area contributed by atoms with Gasteiger partial charge in [0.25, 0.3) is 6.43 Å². The van der Waals surface area contributed by atoms with Crippen LogP contribution < -0.4 is 10.6 Å². The molecule has 142 valence electrons. The van der Waals surface area contributed by atoms with Crippen molar-refractivity contribution in [3.05, 3.63) is 65.2 Å². The summed E-state index contributed by atoms with van der Waals surface area (Å²) >= 11 is 0. The maximum atomic E-state index is 13.8. The zero-order chi connectivity index (χ0) is 19.6. The van der Waals surface area contributed by atoms with Crippen molar-refractivity contribution >= 4 is 17.5 Å². The van der Waals surface area contributed by atoms with Crippen LogP contribution in [0, 0.1) is 17.6 Å². The Bertz CT molecular complexity index is 873. The number of alkyl halides is 2. The number of carbonyl (C=O) groups is 2. The maximum absolute atomic E-state index is 13.8. The van der Waals surface area contributed by atoms with Gasteiger partial charge < -0.3 is 10.6 Å². The molecule has 2 N–H and O–H groups in total. The minimum atomic E-state index is -2.68. The highest BCUT2D eigenvalue weighted by molar-refractivity contribution is 6.07. The van der Waals surface area contributed by atoms with Crippen LogP contribution in [0.4, 0.5) is 23.2 Å². The lowest BCUT2D eigenvalue weighted by Gasteiger charge is -2.30. The van der Waals surface area contributed by atoms with E-state index in [-0.39, 0.29) is 12.1 Å². The summed E-state index contributed by atoms with van der Waals surface area (Å²) in [5.74, 6) is -5.71. The van der Waals surface area contributed by atoms with Gasteiger partial charge in [-0.2, -0.15) is 0 Å². The van der Waals surface area contributed by atoms with E-state index < -0.39 is 47.4 Å². The SMILES string of the molecule is O=C1NCCC(c2cccc(C(F)F)c2)C1C(=O)Nc1cccc(F)c1F. The lowest BCUT2D eigenvalue weighted by atomic mass is 9.79. The van der Waals surface area contributed by atoms with Gasteiger partial charge in [0.05, 0.1) is 5.69 Å². The Labute approximate surface area is 152 Å². The molecule has 1 saturated heterocycles. The standard InChI is InChI=1S/C19H16F4N2O2/c20-13-5-2-6-14(16(13)21)25-19(27)15-12(7-8-24-18(15)26)10-3-1-4-11(9-10)17(22)23/h1-6,9,12,15,17H,7-8H2,(H,24,26)(H,25,27). The molecule has 1 aliphatic heterocycles. The predicted molar refractivity (Wildman–Crippen MR) is 90.2 cm³/mol. The molecule has 0 saturated carbocycles. The summed E-state index contributed by atoms with van der Waals surface area (Å²) in [4.78, 5) is 24.9. The third-order valence-corrected chi connectivity index (χ3v) is 4.52. The molecule has 27 heavy (non-hydrogen) atoms. The van der Waals surface area contributed by atoms with Gasteiger partial charge in [-0.1, -0.05) is 24.3 Å². The lowest BCUT2D eigenvalue weighted by Crippen LogP contribution is -2.46. The number of hydrogen-bond acceptors (Lipinski definition) is 2. The van der Waals surface area contributed by atoms with Crippen LogP contribution in [0.15, 0.2) is 42.5 Å². The van der Waals surface area contributed by atoms with E-state index in [0.29, 0.717) is 12.0 Å². The number of halogens is 4. The summed E-state index contributed by atoms with van der Waals surface area (Å²) in [6.45, 7) is 0.278. The Hall–Kier alpha value is -2.90. The summed E-state index contributed by atoms with van der Waals surface area (Å²) in [6.07, 6.45) is -2.33. The summed E-state index contributed by atoms with van der Waals surface area (Å²) in [5.41, 5.74) is -0.185. The van der Waals surface area contributed by atoms with Crippen LogP contribution >= 0.6 is 0 Å². The van der Waals surface area contributed by atoms with Crippen LogP contribution in [0.2, 0.25) is 0 Å². The third kappa shape index (κ3) is 3.94. The number of hydrogen-bond donors (Lipinski definition) is 2. The zero-order valence-corrected chi connectivity index (χ0v) is 14.0. The van der Waals surface area contributed by atoms with E-state index in [1.807, 2.05) is 0 Å². The van der Waals surface area contributed by atoms with Crippen LogP contribution in [0.5, 0.6) is 0 Å². The fourth-order valence-electron chi connectivity index (χ4n) is 3.21. The molecular formula is C19H16F4N2O2. The predicted octanol–water partition coefficient (Wildman–Crippen LogP) is 3.76. The Morgan fingerprint density at radius 1 is 1.15 bits per heavy atom. The zero-order valence-electron chi connectivity index (χ0n) is 14.0. The minimum Gasteiger partial charge on any atom is -0.355 e. The van der Waals surface area contributed by atoms with Crippen LogP contribution in [-0.4, -0.2) is 18.4 Å². The van der Waals surface area contributed by atoms with Gasteiger partial charge >= 0.3 is 0 Å². The minimum absolute atomic E-state index is 0.214. The summed E-state index contributed by atoms with van der Waals surface area (Å²) in [5, 5.41) is 4.77. The Balaban J connectivity index is 1.90. The molecule has 1 heterocycles. The van der Waals surface area contributed by atoms with Crippen molar-refractivity contribution in [2.75, 3.05) is 11.9 Å². The molecule has 4 nitrogen and oxygen atoms in total. The van der Waals surface area contributed by atoms with Crippen molar-refractivity contribution in [1.82, 2.24) is 5.32 Å². The van der Waals surface area contributed by atoms with Crippen molar-refractivity contribution in [2.24, 2.45) is 5.92 Å². The maximum Gasteiger partial charge on any atom is 0.263 e. The van der Waals surface area contributed by atoms with Crippen molar-refractivity contribution in [3.63, 3.8) is 0 Å². The molecule has 0 aromatic heterocycles. The molecule has 0 spiro atoms. The molecule has 0 bridgehead atoms. The first kappa shape index (κ1) is 18.9. The first-order chi connectivity index (χ1) is 12.9. The second kappa shape index (κ2) is 7.77. The molecule has 1 aliphatic rings. The molecule has 1 fully saturated rings. The molecule has 8 heteroatoms. The quantitative estimate of drug-likeness (QED) is 0.627. The van der Waals surface area contributed by atoms with E-state index in [1.165, 1.54) is 30.3 Å². The van der Waals surface area contributed by atoms with Crippen molar-refractivity contribution in [3.8, 4) is 0 Å². The number of piperidine rings is 1. The van der Waals surface area contributed by atoms with Gasteiger partial charge in [0.15, 0.2) is 11.6 Å². The fraction of sp³-hybridized carbons (Fsp3) is 0.263. The number of nitrogens with one attached hydrogen (secondary N) is 2. The lowest BCUT2D eigenvalue weighted by molar-refractivity contribution is -0.135. The normalized spacial score (nSPS) is 19.7. The van der Waals surface area contributed by atoms with Crippen molar-refractivity contribution < 1.29 is 27.2 Å². The molecule has 0 aliphatic carbocycles. The Morgan fingerprint density at radius 3 is 2.63 bits per heavy atom. The molecule has 2 amide bonds. The van der Waals surface area contributed by atoms with Gasteiger partial charge in [-0.15, -0.1) is 0 Å². The second-order valence-corrected chi connectivity index (χ2v) is 6.23. The average molecular weight is 380 g/mol. The summed E-state index contributed by atoms with van der Waals surface area (Å²) < 4.78 is 53.1. The summed E-state index contributed by atoms with van der Waals surface area (Å²) in [7, 11) is 0. The fourth-order valence-corrected chi connectivity index (χ4v) is 3.21. The monoisotopic (exact) mass is 380 g/mol. The van der Waals surface area contributed by atoms with E-state index in [4.69, 9.17) is 0 Å². The van der Waals surface area contributed by atoms with Crippen LogP contribution in [0.25, 0.3) is 0 Å². The molecular weight excluding hydrogens is 364 g/mol. The number of benzene rings is 2. The van der Waals surface area contributed by atoms with Gasteiger partial charge in [0, 0.05) is 18.0 Å². The van der Waals surface area contributed by atoms with Crippen LogP contribution in [0.3, 0.4) is 0 Å². The van der Waals surface area contributed by atoms with E-state index in [2.05, 4.69) is 10.6 Å². The number of carbonyl (C=O) groups excluding carboxylic acids is 2. The van der Waals surface area contributed by atoms with E-state index in [9.17, 15) is 27.2 Å². The molecule has 2 aromatic carbocycles. The van der Waals surface area contributed by atoms with E-state index in [1.54, 1.807) is 6.07 Å². The summed E-state index contributed by atoms with van der Waals surface area (Å²) in [6, 6.07) is 8.81.